The van der Waals surface area contributed by atoms with E-state index in [0.29, 0.717) is 32.7 Å². The van der Waals surface area contributed by atoms with Crippen molar-refractivity contribution in [1.29, 1.82) is 0 Å². The van der Waals surface area contributed by atoms with Gasteiger partial charge in [0.2, 0.25) is 5.91 Å². The van der Waals surface area contributed by atoms with Crippen molar-refractivity contribution in [2.75, 3.05) is 32.7 Å². The highest BCUT2D eigenvalue weighted by Gasteiger charge is 2.22. The molecule has 3 amide bonds. The maximum atomic E-state index is 11.8. The summed E-state index contributed by atoms with van der Waals surface area (Å²) in [5, 5.41) is 11.3. The van der Waals surface area contributed by atoms with E-state index >= 15 is 0 Å². The van der Waals surface area contributed by atoms with Gasteiger partial charge in [0.15, 0.2) is 0 Å². The number of carbonyl (C=O) groups is 3. The van der Waals surface area contributed by atoms with E-state index in [0.717, 1.165) is 0 Å². The number of amides is 3. The number of nitrogens with one attached hydrogen (secondary N) is 1. The van der Waals surface area contributed by atoms with Crippen LogP contribution in [-0.2, 0) is 9.59 Å². The molecule has 1 rings (SSSR count). The van der Waals surface area contributed by atoms with E-state index < -0.39 is 5.97 Å². The van der Waals surface area contributed by atoms with Crippen LogP contribution in [0.1, 0.15) is 20.3 Å². The number of hydrogen-bond donors (Lipinski definition) is 2. The molecule has 19 heavy (non-hydrogen) atoms. The number of carbonyl (C=O) groups excluding carboxylic acids is 2. The smallest absolute Gasteiger partial charge is 0.317 e. The Morgan fingerprint density at radius 3 is 2.16 bits per heavy atom. The van der Waals surface area contributed by atoms with Crippen molar-refractivity contribution in [3.8, 4) is 0 Å². The Labute approximate surface area is 112 Å². The second-order valence-electron chi connectivity index (χ2n) is 4.88. The summed E-state index contributed by atoms with van der Waals surface area (Å²) in [6, 6.07) is -0.194. The molecule has 0 spiro atoms. The normalized spacial score (nSPS) is 16.9. The standard InChI is InChI=1S/C12H21N3O4/c1-9(7-11(17)18)8-13-12(19)15-5-3-14(4-6-15)10(2)16/h9H,3-8H2,1-2H3,(H,13,19)(H,17,18). The summed E-state index contributed by atoms with van der Waals surface area (Å²) < 4.78 is 0. The Hall–Kier alpha value is -1.79. The van der Waals surface area contributed by atoms with E-state index in [9.17, 15) is 14.4 Å². The van der Waals surface area contributed by atoms with Crippen molar-refractivity contribution in [3.63, 3.8) is 0 Å². The molecule has 0 aromatic carbocycles. The first-order valence-corrected chi connectivity index (χ1v) is 6.40. The Balaban J connectivity index is 2.28. The molecule has 1 saturated heterocycles. The molecule has 2 N–H and O–H groups in total. The molecule has 1 unspecified atom stereocenters. The lowest BCUT2D eigenvalue weighted by Crippen LogP contribution is -2.53. The molecule has 1 aliphatic heterocycles. The Kier molecular flexibility index (Phi) is 5.59. The van der Waals surface area contributed by atoms with E-state index in [4.69, 9.17) is 5.11 Å². The van der Waals surface area contributed by atoms with E-state index in [1.54, 1.807) is 16.7 Å². The number of aliphatic carboxylic acids is 1. The summed E-state index contributed by atoms with van der Waals surface area (Å²) in [6.45, 7) is 5.77. The average Bonchev–Trinajstić information content (AvgIpc) is 2.35. The highest BCUT2D eigenvalue weighted by Crippen LogP contribution is 2.04. The van der Waals surface area contributed by atoms with Crippen LogP contribution in [0.3, 0.4) is 0 Å². The third-order valence-corrected chi connectivity index (χ3v) is 3.14. The minimum Gasteiger partial charge on any atom is -0.481 e. The lowest BCUT2D eigenvalue weighted by Gasteiger charge is -2.34. The number of piperazine rings is 1. The molecule has 7 nitrogen and oxygen atoms in total. The zero-order valence-electron chi connectivity index (χ0n) is 11.4. The van der Waals surface area contributed by atoms with Crippen molar-refractivity contribution in [1.82, 2.24) is 15.1 Å². The zero-order valence-corrected chi connectivity index (χ0v) is 11.4. The van der Waals surface area contributed by atoms with Gasteiger partial charge in [0.25, 0.3) is 0 Å². The van der Waals surface area contributed by atoms with Crippen LogP contribution in [0.4, 0.5) is 4.79 Å². The van der Waals surface area contributed by atoms with E-state index in [-0.39, 0.29) is 24.3 Å². The van der Waals surface area contributed by atoms with Gasteiger partial charge in [-0.05, 0) is 5.92 Å². The van der Waals surface area contributed by atoms with Crippen LogP contribution < -0.4 is 5.32 Å². The van der Waals surface area contributed by atoms with Crippen molar-refractivity contribution in [2.24, 2.45) is 5.92 Å². The predicted molar refractivity (Wildman–Crippen MR) is 68.6 cm³/mol. The first kappa shape index (κ1) is 15.3. The topological polar surface area (TPSA) is 90.0 Å². The number of urea groups is 1. The summed E-state index contributed by atoms with van der Waals surface area (Å²) in [6.07, 6.45) is 0.0401. The maximum Gasteiger partial charge on any atom is 0.317 e. The van der Waals surface area contributed by atoms with Gasteiger partial charge in [-0.2, -0.15) is 0 Å². The summed E-state index contributed by atoms with van der Waals surface area (Å²) in [7, 11) is 0. The van der Waals surface area contributed by atoms with Gasteiger partial charge in [-0.25, -0.2) is 4.79 Å². The fourth-order valence-electron chi connectivity index (χ4n) is 1.97. The van der Waals surface area contributed by atoms with Crippen LogP contribution in [0, 0.1) is 5.92 Å². The molecule has 7 heteroatoms. The first-order valence-electron chi connectivity index (χ1n) is 6.40. The lowest BCUT2D eigenvalue weighted by molar-refractivity contribution is -0.138. The molecule has 108 valence electrons. The molecule has 1 atom stereocenters. The second-order valence-corrected chi connectivity index (χ2v) is 4.88. The summed E-state index contributed by atoms with van der Waals surface area (Å²) >= 11 is 0. The fraction of sp³-hybridized carbons (Fsp3) is 0.750. The minimum absolute atomic E-state index is 0.0233. The van der Waals surface area contributed by atoms with Crippen LogP contribution in [0.5, 0.6) is 0 Å². The van der Waals surface area contributed by atoms with Crippen molar-refractivity contribution >= 4 is 17.9 Å². The number of hydrogen-bond acceptors (Lipinski definition) is 3. The largest absolute Gasteiger partial charge is 0.481 e. The number of carboxylic acid groups (broad SMARTS) is 1. The molecule has 0 bridgehead atoms. The van der Waals surface area contributed by atoms with Crippen LogP contribution >= 0.6 is 0 Å². The quantitative estimate of drug-likeness (QED) is 0.751. The highest BCUT2D eigenvalue weighted by molar-refractivity contribution is 5.76. The SMILES string of the molecule is CC(=O)N1CCN(C(=O)NCC(C)CC(=O)O)CC1. The Morgan fingerprint density at radius 1 is 1.16 bits per heavy atom. The van der Waals surface area contributed by atoms with Gasteiger partial charge in [-0.15, -0.1) is 0 Å². The minimum atomic E-state index is -0.864. The average molecular weight is 271 g/mol. The van der Waals surface area contributed by atoms with Gasteiger partial charge in [-0.1, -0.05) is 6.92 Å². The lowest BCUT2D eigenvalue weighted by atomic mass is 10.1. The molecule has 0 saturated carbocycles. The molecule has 0 aromatic heterocycles. The highest BCUT2D eigenvalue weighted by atomic mass is 16.4. The van der Waals surface area contributed by atoms with E-state index in [1.807, 2.05) is 0 Å². The zero-order chi connectivity index (χ0) is 14.4. The van der Waals surface area contributed by atoms with E-state index in [1.165, 1.54) is 6.92 Å². The van der Waals surface area contributed by atoms with Crippen LogP contribution in [0.25, 0.3) is 0 Å². The van der Waals surface area contributed by atoms with Crippen LogP contribution in [-0.4, -0.2) is 65.5 Å². The van der Waals surface area contributed by atoms with Crippen molar-refractivity contribution < 1.29 is 19.5 Å². The van der Waals surface area contributed by atoms with Crippen molar-refractivity contribution in [2.45, 2.75) is 20.3 Å². The fourth-order valence-corrected chi connectivity index (χ4v) is 1.97. The monoisotopic (exact) mass is 271 g/mol. The summed E-state index contributed by atoms with van der Waals surface area (Å²) in [5.74, 6) is -0.938. The Morgan fingerprint density at radius 2 is 1.68 bits per heavy atom. The third-order valence-electron chi connectivity index (χ3n) is 3.14. The van der Waals surface area contributed by atoms with E-state index in [2.05, 4.69) is 5.32 Å². The molecule has 0 radical (unpaired) electrons. The maximum absolute atomic E-state index is 11.8. The van der Waals surface area contributed by atoms with Gasteiger partial charge < -0.3 is 20.2 Å². The molecular weight excluding hydrogens is 250 g/mol. The van der Waals surface area contributed by atoms with Crippen LogP contribution in [0.15, 0.2) is 0 Å². The number of rotatable bonds is 4. The summed E-state index contributed by atoms with van der Waals surface area (Å²) in [4.78, 5) is 36.8. The number of nitrogens with zero attached hydrogens (tertiary/aromatic N) is 2. The van der Waals surface area contributed by atoms with Gasteiger partial charge in [0.05, 0.1) is 0 Å². The van der Waals surface area contributed by atoms with Gasteiger partial charge >= 0.3 is 12.0 Å². The number of carboxylic acids is 1. The third kappa shape index (κ3) is 5.15. The molecule has 1 fully saturated rings. The molecule has 1 aliphatic rings. The molecule has 0 aromatic rings. The van der Waals surface area contributed by atoms with Gasteiger partial charge in [0.1, 0.15) is 0 Å². The molecule has 1 heterocycles. The second kappa shape index (κ2) is 6.96. The molecular formula is C12H21N3O4. The van der Waals surface area contributed by atoms with Gasteiger partial charge in [0, 0.05) is 46.1 Å². The Bertz CT molecular complexity index is 351. The van der Waals surface area contributed by atoms with Crippen LogP contribution in [0.2, 0.25) is 0 Å². The predicted octanol–water partition coefficient (Wildman–Crippen LogP) is -0.0291. The molecule has 0 aliphatic carbocycles. The van der Waals surface area contributed by atoms with Crippen molar-refractivity contribution in [3.05, 3.63) is 0 Å². The van der Waals surface area contributed by atoms with Gasteiger partial charge in [-0.3, -0.25) is 9.59 Å². The summed E-state index contributed by atoms with van der Waals surface area (Å²) in [5.41, 5.74) is 0. The first-order chi connectivity index (χ1) is 8.90.